The lowest BCUT2D eigenvalue weighted by molar-refractivity contribution is -0.125. The second-order valence-corrected chi connectivity index (χ2v) is 8.26. The van der Waals surface area contributed by atoms with Crippen molar-refractivity contribution in [2.24, 2.45) is 0 Å². The van der Waals surface area contributed by atoms with E-state index < -0.39 is 0 Å². The maximum Gasteiger partial charge on any atom is 0.246 e. The Labute approximate surface area is 197 Å². The summed E-state index contributed by atoms with van der Waals surface area (Å²) in [6.45, 7) is 5.63. The molecule has 0 unspecified atom stereocenters. The summed E-state index contributed by atoms with van der Waals surface area (Å²) >= 11 is 3.51. The fraction of sp³-hybridized carbons (Fsp3) is 0.280. The predicted molar refractivity (Wildman–Crippen MR) is 130 cm³/mol. The Hall–Kier alpha value is -3.06. The highest BCUT2D eigenvalue weighted by atomic mass is 79.9. The first kappa shape index (κ1) is 23.6. The minimum atomic E-state index is -0.0886. The summed E-state index contributed by atoms with van der Waals surface area (Å²) in [6.07, 6.45) is 5.14. The van der Waals surface area contributed by atoms with E-state index in [-0.39, 0.29) is 5.91 Å². The maximum atomic E-state index is 12.7. The van der Waals surface area contributed by atoms with Gasteiger partial charge in [0.15, 0.2) is 0 Å². The monoisotopic (exact) mass is 497 g/mol. The third-order valence-electron chi connectivity index (χ3n) is 5.16. The zero-order valence-electron chi connectivity index (χ0n) is 18.8. The van der Waals surface area contributed by atoms with E-state index in [1.54, 1.807) is 31.3 Å². The average molecular weight is 498 g/mol. The van der Waals surface area contributed by atoms with Crippen LogP contribution < -0.4 is 9.47 Å². The van der Waals surface area contributed by atoms with Crippen LogP contribution >= 0.6 is 15.9 Å². The summed E-state index contributed by atoms with van der Waals surface area (Å²) in [7, 11) is 3.42. The van der Waals surface area contributed by atoms with Crippen molar-refractivity contribution in [1.29, 1.82) is 0 Å². The summed E-state index contributed by atoms with van der Waals surface area (Å²) in [5.74, 6) is 1.50. The number of para-hydroxylation sites is 1. The molecule has 168 valence electrons. The summed E-state index contributed by atoms with van der Waals surface area (Å²) in [4.78, 5) is 14.3. The molecule has 0 aliphatic rings. The van der Waals surface area contributed by atoms with Gasteiger partial charge in [-0.15, -0.1) is 0 Å². The number of halogens is 1. The van der Waals surface area contributed by atoms with Crippen LogP contribution in [0.15, 0.2) is 59.2 Å². The largest absolute Gasteiger partial charge is 0.496 e. The number of aromatic nitrogens is 2. The number of hydrogen-bond acceptors (Lipinski definition) is 4. The zero-order chi connectivity index (χ0) is 23.1. The number of methoxy groups -OCH3 is 1. The minimum Gasteiger partial charge on any atom is -0.496 e. The van der Waals surface area contributed by atoms with Crippen molar-refractivity contribution < 1.29 is 14.3 Å². The molecule has 7 heteroatoms. The van der Waals surface area contributed by atoms with Gasteiger partial charge in [-0.05, 0) is 65.2 Å². The van der Waals surface area contributed by atoms with Gasteiger partial charge in [-0.3, -0.25) is 9.48 Å². The van der Waals surface area contributed by atoms with Crippen LogP contribution in [0.25, 0.3) is 6.08 Å². The van der Waals surface area contributed by atoms with E-state index in [0.29, 0.717) is 13.2 Å². The molecule has 0 radical (unpaired) electrons. The van der Waals surface area contributed by atoms with Crippen molar-refractivity contribution in [3.8, 4) is 11.5 Å². The lowest BCUT2D eigenvalue weighted by Crippen LogP contribution is -2.25. The zero-order valence-corrected chi connectivity index (χ0v) is 20.4. The lowest BCUT2D eigenvalue weighted by atomic mass is 10.1. The topological polar surface area (TPSA) is 56.6 Å². The molecule has 1 aromatic heterocycles. The lowest BCUT2D eigenvalue weighted by Gasteiger charge is -2.16. The van der Waals surface area contributed by atoms with Crippen LogP contribution in [0.1, 0.15) is 29.3 Å². The standard InChI is InChI=1S/C25H28BrN3O3/c1-5-29-22(21(26)15-27-29)16-28(3)25(30)13-11-19-10-12-24(31-4)20(14-19)17-32-23-9-7-6-8-18(23)2/h6-15H,5,16-17H2,1-4H3/b13-11+. The molecule has 0 saturated heterocycles. The number of rotatable bonds is 9. The normalized spacial score (nSPS) is 11.0. The summed E-state index contributed by atoms with van der Waals surface area (Å²) in [5, 5.41) is 4.30. The third kappa shape index (κ3) is 5.79. The second-order valence-electron chi connectivity index (χ2n) is 7.41. The van der Waals surface area contributed by atoms with E-state index in [1.165, 1.54) is 0 Å². The number of nitrogens with zero attached hydrogens (tertiary/aromatic N) is 3. The van der Waals surface area contributed by atoms with E-state index in [2.05, 4.69) is 21.0 Å². The molecular weight excluding hydrogens is 470 g/mol. The minimum absolute atomic E-state index is 0.0886. The summed E-state index contributed by atoms with van der Waals surface area (Å²) in [6, 6.07) is 13.7. The van der Waals surface area contributed by atoms with Gasteiger partial charge in [0.2, 0.25) is 5.91 Å². The first-order valence-corrected chi connectivity index (χ1v) is 11.2. The molecule has 1 heterocycles. The number of carbonyl (C=O) groups is 1. The van der Waals surface area contributed by atoms with Gasteiger partial charge in [0.25, 0.3) is 0 Å². The molecule has 0 fully saturated rings. The Morgan fingerprint density at radius 2 is 2.00 bits per heavy atom. The second kappa shape index (κ2) is 11.0. The number of ether oxygens (including phenoxy) is 2. The molecule has 0 saturated carbocycles. The van der Waals surface area contributed by atoms with Gasteiger partial charge in [0.05, 0.1) is 30.0 Å². The Morgan fingerprint density at radius 1 is 1.22 bits per heavy atom. The number of hydrogen-bond donors (Lipinski definition) is 0. The third-order valence-corrected chi connectivity index (χ3v) is 5.82. The van der Waals surface area contributed by atoms with Crippen LogP contribution in [0.5, 0.6) is 11.5 Å². The van der Waals surface area contributed by atoms with E-state index in [4.69, 9.17) is 9.47 Å². The molecule has 32 heavy (non-hydrogen) atoms. The molecule has 3 aromatic rings. The van der Waals surface area contributed by atoms with Gasteiger partial charge < -0.3 is 14.4 Å². The molecule has 0 spiro atoms. The number of likely N-dealkylation sites (N-methyl/N-ethyl adjacent to an activating group) is 1. The molecule has 0 atom stereocenters. The van der Waals surface area contributed by atoms with Crippen LogP contribution in [0.4, 0.5) is 0 Å². The molecule has 0 aliphatic heterocycles. The average Bonchev–Trinajstić information content (AvgIpc) is 3.16. The fourth-order valence-corrected chi connectivity index (χ4v) is 3.73. The van der Waals surface area contributed by atoms with Gasteiger partial charge >= 0.3 is 0 Å². The molecule has 6 nitrogen and oxygen atoms in total. The van der Waals surface area contributed by atoms with Gasteiger partial charge in [-0.25, -0.2) is 0 Å². The molecule has 2 aromatic carbocycles. The van der Waals surface area contributed by atoms with Crippen molar-refractivity contribution in [3.05, 3.63) is 81.6 Å². The highest BCUT2D eigenvalue weighted by Crippen LogP contribution is 2.24. The fourth-order valence-electron chi connectivity index (χ4n) is 3.30. The van der Waals surface area contributed by atoms with Crippen LogP contribution in [-0.4, -0.2) is 34.7 Å². The van der Waals surface area contributed by atoms with E-state index >= 15 is 0 Å². The van der Waals surface area contributed by atoms with Crippen molar-refractivity contribution in [3.63, 3.8) is 0 Å². The summed E-state index contributed by atoms with van der Waals surface area (Å²) in [5.41, 5.74) is 3.86. The Morgan fingerprint density at radius 3 is 2.72 bits per heavy atom. The Kier molecular flexibility index (Phi) is 8.11. The van der Waals surface area contributed by atoms with E-state index in [1.807, 2.05) is 67.1 Å². The van der Waals surface area contributed by atoms with Crippen molar-refractivity contribution >= 4 is 27.9 Å². The number of carbonyl (C=O) groups excluding carboxylic acids is 1. The van der Waals surface area contributed by atoms with Gasteiger partial charge in [-0.2, -0.15) is 5.10 Å². The van der Waals surface area contributed by atoms with E-state index in [0.717, 1.165) is 44.9 Å². The smallest absolute Gasteiger partial charge is 0.246 e. The maximum absolute atomic E-state index is 12.7. The molecule has 0 bridgehead atoms. The highest BCUT2D eigenvalue weighted by Gasteiger charge is 2.13. The van der Waals surface area contributed by atoms with Crippen LogP contribution in [0, 0.1) is 6.92 Å². The van der Waals surface area contributed by atoms with E-state index in [9.17, 15) is 4.79 Å². The molecular formula is C25H28BrN3O3. The van der Waals surface area contributed by atoms with Gasteiger partial charge in [0, 0.05) is 25.2 Å². The van der Waals surface area contributed by atoms with Gasteiger partial charge in [-0.1, -0.05) is 24.3 Å². The SMILES string of the molecule is CCn1ncc(Br)c1CN(C)C(=O)/C=C/c1ccc(OC)c(COc2ccccc2C)c1. The van der Waals surface area contributed by atoms with Crippen LogP contribution in [0.2, 0.25) is 0 Å². The molecule has 0 aliphatic carbocycles. The van der Waals surface area contributed by atoms with Crippen LogP contribution in [-0.2, 0) is 24.5 Å². The number of amides is 1. The first-order chi connectivity index (χ1) is 15.4. The molecule has 3 rings (SSSR count). The molecule has 1 amide bonds. The Bertz CT molecular complexity index is 1110. The quantitative estimate of drug-likeness (QED) is 0.379. The Balaban J connectivity index is 1.69. The first-order valence-electron chi connectivity index (χ1n) is 10.4. The van der Waals surface area contributed by atoms with Crippen molar-refractivity contribution in [2.45, 2.75) is 33.5 Å². The number of aryl methyl sites for hydroxylation is 2. The summed E-state index contributed by atoms with van der Waals surface area (Å²) < 4.78 is 14.2. The number of benzene rings is 2. The van der Waals surface area contributed by atoms with Crippen LogP contribution in [0.3, 0.4) is 0 Å². The van der Waals surface area contributed by atoms with Crippen molar-refractivity contribution in [2.75, 3.05) is 14.2 Å². The predicted octanol–water partition coefficient (Wildman–Crippen LogP) is 5.23. The van der Waals surface area contributed by atoms with Gasteiger partial charge in [0.1, 0.15) is 18.1 Å². The molecule has 0 N–H and O–H groups in total. The highest BCUT2D eigenvalue weighted by molar-refractivity contribution is 9.10. The van der Waals surface area contributed by atoms with Crippen molar-refractivity contribution in [1.82, 2.24) is 14.7 Å².